The van der Waals surface area contributed by atoms with Crippen LogP contribution in [0.4, 0.5) is 0 Å². The summed E-state index contributed by atoms with van der Waals surface area (Å²) in [7, 11) is -1.39. The zero-order chi connectivity index (χ0) is 14.5. The molecule has 6 heteroatoms. The molecule has 1 aromatic rings. The van der Waals surface area contributed by atoms with Gasteiger partial charge in [-0.25, -0.2) is 9.59 Å². The van der Waals surface area contributed by atoms with Gasteiger partial charge in [-0.3, -0.25) is 0 Å². The van der Waals surface area contributed by atoms with Gasteiger partial charge in [-0.15, -0.1) is 0 Å². The summed E-state index contributed by atoms with van der Waals surface area (Å²) in [6, 6.07) is 5.95. The first-order valence-electron chi connectivity index (χ1n) is 6.31. The van der Waals surface area contributed by atoms with Gasteiger partial charge in [0.05, 0.1) is 11.1 Å². The van der Waals surface area contributed by atoms with Crippen molar-refractivity contribution < 1.29 is 49.9 Å². The molecule has 0 atom stereocenters. The standard InChI is InChI=1S/C14H20O4S.Na.H/c1-4-19(5-2,6-3)18-14(17)12-9-7-8-11(10-12)13(15)16;;/h7-10H,4-6H2,1-3H3,(H,15,16);;/q;+1;-1. The molecule has 1 N–H and O–H groups in total. The number of carboxylic acid groups (broad SMARTS) is 1. The van der Waals surface area contributed by atoms with E-state index in [2.05, 4.69) is 0 Å². The summed E-state index contributed by atoms with van der Waals surface area (Å²) in [6.45, 7) is 6.05. The predicted octanol–water partition coefficient (Wildman–Crippen LogP) is 0.437. The van der Waals surface area contributed by atoms with Gasteiger partial charge in [0.15, 0.2) is 0 Å². The van der Waals surface area contributed by atoms with Crippen molar-refractivity contribution in [2.75, 3.05) is 17.3 Å². The Morgan fingerprint density at radius 1 is 1.15 bits per heavy atom. The van der Waals surface area contributed by atoms with Gasteiger partial charge in [0.1, 0.15) is 0 Å². The molecule has 0 radical (unpaired) electrons. The monoisotopic (exact) mass is 308 g/mol. The van der Waals surface area contributed by atoms with Gasteiger partial charge in [0, 0.05) is 17.3 Å². The van der Waals surface area contributed by atoms with E-state index in [1.165, 1.54) is 12.1 Å². The number of hydrogen-bond donors (Lipinski definition) is 1. The predicted molar refractivity (Wildman–Crippen MR) is 79.1 cm³/mol. The summed E-state index contributed by atoms with van der Waals surface area (Å²) >= 11 is 0. The molecule has 0 fully saturated rings. The first-order valence-corrected chi connectivity index (χ1v) is 8.38. The molecule has 108 valence electrons. The zero-order valence-corrected chi connectivity index (χ0v) is 15.3. The average Bonchev–Trinajstić information content (AvgIpc) is 2.45. The number of benzene rings is 1. The Kier molecular flexibility index (Phi) is 8.51. The molecule has 0 unspecified atom stereocenters. The molecule has 0 saturated carbocycles. The molecule has 0 aliphatic rings. The summed E-state index contributed by atoms with van der Waals surface area (Å²) < 4.78 is 5.66. The van der Waals surface area contributed by atoms with Gasteiger partial charge >= 0.3 is 41.5 Å². The van der Waals surface area contributed by atoms with Crippen molar-refractivity contribution in [3.63, 3.8) is 0 Å². The van der Waals surface area contributed by atoms with E-state index in [4.69, 9.17) is 9.29 Å². The number of hydrogen-bond acceptors (Lipinski definition) is 3. The van der Waals surface area contributed by atoms with Crippen molar-refractivity contribution in [2.45, 2.75) is 20.8 Å². The Hall–Kier alpha value is -0.490. The van der Waals surface area contributed by atoms with Gasteiger partial charge in [0.2, 0.25) is 0 Å². The number of carbonyl (C=O) groups is 2. The van der Waals surface area contributed by atoms with Crippen LogP contribution in [0, 0.1) is 0 Å². The first kappa shape index (κ1) is 19.5. The van der Waals surface area contributed by atoms with Gasteiger partial charge in [-0.2, -0.15) is 0 Å². The second-order valence-corrected chi connectivity index (χ2v) is 7.92. The molecule has 20 heavy (non-hydrogen) atoms. The van der Waals surface area contributed by atoms with Crippen molar-refractivity contribution >= 4 is 22.2 Å². The molecule has 0 bridgehead atoms. The second kappa shape index (κ2) is 8.72. The van der Waals surface area contributed by atoms with Crippen LogP contribution >= 0.6 is 10.3 Å². The molecule has 0 aliphatic carbocycles. The summed E-state index contributed by atoms with van der Waals surface area (Å²) in [5.41, 5.74) is 0.395. The maximum atomic E-state index is 12.1. The first-order chi connectivity index (χ1) is 8.98. The van der Waals surface area contributed by atoms with E-state index < -0.39 is 22.2 Å². The van der Waals surface area contributed by atoms with Crippen LogP contribution in [0.2, 0.25) is 0 Å². The molecular weight excluding hydrogens is 287 g/mol. The van der Waals surface area contributed by atoms with E-state index in [9.17, 15) is 9.59 Å². The molecule has 0 amide bonds. The Labute approximate surface area is 145 Å². The van der Waals surface area contributed by atoms with E-state index in [0.29, 0.717) is 5.56 Å². The minimum Gasteiger partial charge on any atom is -1.00 e. The smallest absolute Gasteiger partial charge is 1.00 e. The number of carboxylic acids is 1. The SMILES string of the molecule is CCS(CC)(CC)OC(=O)c1cccc(C(=O)O)c1.[H-].[Na+]. The Morgan fingerprint density at radius 2 is 1.65 bits per heavy atom. The normalized spacial score (nSPS) is 11.3. The van der Waals surface area contributed by atoms with Crippen LogP contribution in [-0.4, -0.2) is 34.3 Å². The van der Waals surface area contributed by atoms with E-state index in [1.54, 1.807) is 12.1 Å². The Morgan fingerprint density at radius 3 is 2.10 bits per heavy atom. The van der Waals surface area contributed by atoms with Crippen molar-refractivity contribution in [2.24, 2.45) is 0 Å². The fourth-order valence-corrected chi connectivity index (χ4v) is 3.77. The third kappa shape index (κ3) is 4.81. The van der Waals surface area contributed by atoms with Gasteiger partial charge in [-0.05, 0) is 18.2 Å². The van der Waals surface area contributed by atoms with E-state index in [1.807, 2.05) is 20.8 Å². The van der Waals surface area contributed by atoms with Crippen LogP contribution in [0.5, 0.6) is 0 Å². The molecule has 0 spiro atoms. The minimum absolute atomic E-state index is 0. The van der Waals surface area contributed by atoms with Crippen LogP contribution in [0.15, 0.2) is 24.3 Å². The van der Waals surface area contributed by atoms with Crippen molar-refractivity contribution in [3.05, 3.63) is 35.4 Å². The van der Waals surface area contributed by atoms with Crippen molar-refractivity contribution in [1.82, 2.24) is 0 Å². The maximum Gasteiger partial charge on any atom is 1.00 e. The third-order valence-electron chi connectivity index (χ3n) is 3.18. The molecular formula is C14H21NaO4S. The van der Waals surface area contributed by atoms with Gasteiger partial charge < -0.3 is 10.7 Å². The average molecular weight is 308 g/mol. The molecule has 1 aromatic carbocycles. The summed E-state index contributed by atoms with van der Waals surface area (Å²) in [6.07, 6.45) is 0. The fourth-order valence-electron chi connectivity index (χ4n) is 1.78. The van der Waals surface area contributed by atoms with Crippen LogP contribution in [-0.2, 0) is 4.18 Å². The van der Waals surface area contributed by atoms with Gasteiger partial charge in [0.25, 0.3) is 0 Å². The van der Waals surface area contributed by atoms with Crippen molar-refractivity contribution in [1.29, 1.82) is 0 Å². The Bertz CT molecular complexity index is 470. The van der Waals surface area contributed by atoms with E-state index in [-0.39, 0.29) is 36.5 Å². The van der Waals surface area contributed by atoms with E-state index in [0.717, 1.165) is 17.3 Å². The number of aromatic carboxylic acids is 1. The maximum absolute atomic E-state index is 12.1. The fraction of sp³-hybridized carbons (Fsp3) is 0.429. The summed E-state index contributed by atoms with van der Waals surface area (Å²) in [4.78, 5) is 23.0. The van der Waals surface area contributed by atoms with Crippen LogP contribution < -0.4 is 29.6 Å². The van der Waals surface area contributed by atoms with E-state index >= 15 is 0 Å². The van der Waals surface area contributed by atoms with Crippen LogP contribution in [0.3, 0.4) is 0 Å². The largest absolute Gasteiger partial charge is 1.00 e. The summed E-state index contributed by atoms with van der Waals surface area (Å²) in [5.74, 6) is 0.998. The topological polar surface area (TPSA) is 63.6 Å². The quantitative estimate of drug-likeness (QED) is 0.775. The number of carbonyl (C=O) groups excluding carboxylic acids is 1. The molecule has 0 saturated heterocycles. The zero-order valence-electron chi connectivity index (χ0n) is 13.5. The molecule has 1 rings (SSSR count). The molecule has 0 heterocycles. The Balaban J connectivity index is 0. The second-order valence-electron chi connectivity index (χ2n) is 4.09. The van der Waals surface area contributed by atoms with Crippen molar-refractivity contribution in [3.8, 4) is 0 Å². The number of rotatable bonds is 6. The van der Waals surface area contributed by atoms with Crippen LogP contribution in [0.25, 0.3) is 0 Å². The van der Waals surface area contributed by atoms with Crippen LogP contribution in [0.1, 0.15) is 42.9 Å². The third-order valence-corrected chi connectivity index (χ3v) is 6.84. The molecule has 0 aromatic heterocycles. The van der Waals surface area contributed by atoms with Gasteiger partial charge in [-0.1, -0.05) is 37.1 Å². The molecule has 4 nitrogen and oxygen atoms in total. The molecule has 0 aliphatic heterocycles. The summed E-state index contributed by atoms with van der Waals surface area (Å²) in [5, 5.41) is 8.92. The minimum atomic E-state index is -1.39.